The van der Waals surface area contributed by atoms with E-state index in [9.17, 15) is 4.79 Å². The molecule has 19 heavy (non-hydrogen) atoms. The SMILES string of the molecule is Cc1cc(OCc2nc(C3CC3)no2)c(C(=O)O)s1. The van der Waals surface area contributed by atoms with E-state index in [0.717, 1.165) is 23.5 Å². The summed E-state index contributed by atoms with van der Waals surface area (Å²) in [5, 5.41) is 12.9. The molecule has 3 rings (SSSR count). The van der Waals surface area contributed by atoms with Crippen LogP contribution in [0.25, 0.3) is 0 Å². The van der Waals surface area contributed by atoms with Crippen LogP contribution in [0.1, 0.15) is 45.0 Å². The normalized spacial score (nSPS) is 14.6. The molecule has 0 saturated heterocycles. The number of hydrogen-bond donors (Lipinski definition) is 1. The lowest BCUT2D eigenvalue weighted by molar-refractivity contribution is 0.0697. The summed E-state index contributed by atoms with van der Waals surface area (Å²) < 4.78 is 10.5. The van der Waals surface area contributed by atoms with Crippen molar-refractivity contribution in [2.45, 2.75) is 32.3 Å². The maximum atomic E-state index is 11.0. The predicted octanol–water partition coefficient (Wildman–Crippen LogP) is 2.59. The first-order valence-corrected chi connectivity index (χ1v) is 6.74. The quantitative estimate of drug-likeness (QED) is 0.906. The number of aromatic carboxylic acids is 1. The van der Waals surface area contributed by atoms with Crippen LogP contribution in [0, 0.1) is 6.92 Å². The molecule has 2 aromatic rings. The van der Waals surface area contributed by atoms with Crippen molar-refractivity contribution < 1.29 is 19.2 Å². The third kappa shape index (κ3) is 2.60. The molecular formula is C12H12N2O4S. The Morgan fingerprint density at radius 2 is 2.42 bits per heavy atom. The van der Waals surface area contributed by atoms with Crippen molar-refractivity contribution in [2.24, 2.45) is 0 Å². The topological polar surface area (TPSA) is 85.5 Å². The lowest BCUT2D eigenvalue weighted by Gasteiger charge is -2.01. The monoisotopic (exact) mass is 280 g/mol. The molecule has 1 aliphatic carbocycles. The predicted molar refractivity (Wildman–Crippen MR) is 66.6 cm³/mol. The number of aryl methyl sites for hydroxylation is 1. The van der Waals surface area contributed by atoms with Crippen molar-refractivity contribution in [1.82, 2.24) is 10.1 Å². The molecular weight excluding hydrogens is 268 g/mol. The van der Waals surface area contributed by atoms with Gasteiger partial charge in [-0.3, -0.25) is 0 Å². The largest absolute Gasteiger partial charge is 0.482 e. The maximum Gasteiger partial charge on any atom is 0.349 e. The van der Waals surface area contributed by atoms with E-state index in [1.165, 1.54) is 11.3 Å². The van der Waals surface area contributed by atoms with Crippen LogP contribution < -0.4 is 4.74 Å². The van der Waals surface area contributed by atoms with Gasteiger partial charge >= 0.3 is 5.97 Å². The molecule has 0 aromatic carbocycles. The van der Waals surface area contributed by atoms with E-state index in [4.69, 9.17) is 14.4 Å². The van der Waals surface area contributed by atoms with Gasteiger partial charge in [0.1, 0.15) is 5.75 Å². The van der Waals surface area contributed by atoms with Crippen molar-refractivity contribution in [2.75, 3.05) is 0 Å². The van der Waals surface area contributed by atoms with Crippen LogP contribution in [0.5, 0.6) is 5.75 Å². The summed E-state index contributed by atoms with van der Waals surface area (Å²) in [5.41, 5.74) is 0. The highest BCUT2D eigenvalue weighted by atomic mass is 32.1. The van der Waals surface area contributed by atoms with Gasteiger partial charge in [0.25, 0.3) is 5.89 Å². The molecule has 1 N–H and O–H groups in total. The molecule has 0 spiro atoms. The van der Waals surface area contributed by atoms with Gasteiger partial charge in [-0.05, 0) is 25.8 Å². The second-order valence-electron chi connectivity index (χ2n) is 4.46. The van der Waals surface area contributed by atoms with Crippen molar-refractivity contribution in [3.05, 3.63) is 27.5 Å². The molecule has 0 aliphatic heterocycles. The number of thiophene rings is 1. The zero-order valence-corrected chi connectivity index (χ0v) is 11.1. The number of ether oxygens (including phenoxy) is 1. The van der Waals surface area contributed by atoms with Crippen LogP contribution >= 0.6 is 11.3 Å². The summed E-state index contributed by atoms with van der Waals surface area (Å²) >= 11 is 1.19. The van der Waals surface area contributed by atoms with Crippen molar-refractivity contribution in [1.29, 1.82) is 0 Å². The van der Waals surface area contributed by atoms with E-state index in [0.29, 0.717) is 17.6 Å². The summed E-state index contributed by atoms with van der Waals surface area (Å²) in [4.78, 5) is 16.3. The smallest absolute Gasteiger partial charge is 0.349 e. The van der Waals surface area contributed by atoms with Crippen LogP contribution in [0.3, 0.4) is 0 Å². The minimum Gasteiger partial charge on any atom is -0.482 e. The average molecular weight is 280 g/mol. The molecule has 0 radical (unpaired) electrons. The first-order valence-electron chi connectivity index (χ1n) is 5.92. The lowest BCUT2D eigenvalue weighted by Crippen LogP contribution is -2.00. The van der Waals surface area contributed by atoms with Crippen LogP contribution in [0.4, 0.5) is 0 Å². The summed E-state index contributed by atoms with van der Waals surface area (Å²) in [6.07, 6.45) is 2.21. The number of hydrogen-bond acceptors (Lipinski definition) is 6. The van der Waals surface area contributed by atoms with Crippen LogP contribution in [-0.4, -0.2) is 21.2 Å². The van der Waals surface area contributed by atoms with E-state index >= 15 is 0 Å². The number of carboxylic acids is 1. The van der Waals surface area contributed by atoms with Gasteiger partial charge in [0.15, 0.2) is 17.3 Å². The number of carboxylic acid groups (broad SMARTS) is 1. The number of aromatic nitrogens is 2. The fourth-order valence-electron chi connectivity index (χ4n) is 1.72. The van der Waals surface area contributed by atoms with Gasteiger partial charge in [0.05, 0.1) is 0 Å². The van der Waals surface area contributed by atoms with Gasteiger partial charge in [-0.25, -0.2) is 4.79 Å². The first-order chi connectivity index (χ1) is 9.13. The van der Waals surface area contributed by atoms with Gasteiger partial charge in [-0.15, -0.1) is 11.3 Å². The summed E-state index contributed by atoms with van der Waals surface area (Å²) in [6, 6.07) is 1.70. The van der Waals surface area contributed by atoms with E-state index in [-0.39, 0.29) is 11.5 Å². The Morgan fingerprint density at radius 3 is 3.11 bits per heavy atom. The summed E-state index contributed by atoms with van der Waals surface area (Å²) in [6.45, 7) is 1.93. The molecule has 0 atom stereocenters. The Morgan fingerprint density at radius 1 is 1.63 bits per heavy atom. The van der Waals surface area contributed by atoms with Crippen LogP contribution in [-0.2, 0) is 6.61 Å². The van der Waals surface area contributed by atoms with E-state index < -0.39 is 5.97 Å². The van der Waals surface area contributed by atoms with E-state index in [1.807, 2.05) is 6.92 Å². The minimum atomic E-state index is -0.989. The Bertz CT molecular complexity index is 615. The molecule has 2 heterocycles. The van der Waals surface area contributed by atoms with E-state index in [2.05, 4.69) is 10.1 Å². The van der Waals surface area contributed by atoms with Crippen LogP contribution in [0.15, 0.2) is 10.6 Å². The number of nitrogens with zero attached hydrogens (tertiary/aromatic N) is 2. The van der Waals surface area contributed by atoms with Gasteiger partial charge in [-0.2, -0.15) is 4.98 Å². The molecule has 6 nitrogen and oxygen atoms in total. The highest BCUT2D eigenvalue weighted by Gasteiger charge is 2.28. The van der Waals surface area contributed by atoms with Gasteiger partial charge in [0, 0.05) is 10.8 Å². The Hall–Kier alpha value is -1.89. The third-order valence-corrected chi connectivity index (χ3v) is 3.81. The highest BCUT2D eigenvalue weighted by Crippen LogP contribution is 2.38. The summed E-state index contributed by atoms with van der Waals surface area (Å²) in [7, 11) is 0. The zero-order valence-electron chi connectivity index (χ0n) is 10.3. The fourth-order valence-corrected chi connectivity index (χ4v) is 2.51. The molecule has 0 amide bonds. The zero-order chi connectivity index (χ0) is 13.4. The number of carbonyl (C=O) groups is 1. The third-order valence-electron chi connectivity index (χ3n) is 2.79. The average Bonchev–Trinajstić information content (AvgIpc) is 2.98. The van der Waals surface area contributed by atoms with Crippen molar-refractivity contribution in [3.63, 3.8) is 0 Å². The summed E-state index contributed by atoms with van der Waals surface area (Å²) in [5.74, 6) is 0.884. The first kappa shape index (κ1) is 12.2. The molecule has 2 aromatic heterocycles. The van der Waals surface area contributed by atoms with Gasteiger partial charge in [-0.1, -0.05) is 5.16 Å². The number of rotatable bonds is 5. The molecule has 1 saturated carbocycles. The van der Waals surface area contributed by atoms with Crippen molar-refractivity contribution in [3.8, 4) is 5.75 Å². The molecule has 1 fully saturated rings. The van der Waals surface area contributed by atoms with Crippen LogP contribution in [0.2, 0.25) is 0 Å². The molecule has 1 aliphatic rings. The Labute approximate surface area is 113 Å². The van der Waals surface area contributed by atoms with Gasteiger partial charge < -0.3 is 14.4 Å². The Balaban J connectivity index is 1.69. The van der Waals surface area contributed by atoms with Crippen molar-refractivity contribution >= 4 is 17.3 Å². The fraction of sp³-hybridized carbons (Fsp3) is 0.417. The molecule has 0 bridgehead atoms. The Kier molecular flexibility index (Phi) is 2.98. The maximum absolute atomic E-state index is 11.0. The standard InChI is InChI=1S/C12H12N2O4S/c1-6-4-8(10(19-6)12(15)16)17-5-9-13-11(14-18-9)7-2-3-7/h4,7H,2-3,5H2,1H3,(H,15,16). The lowest BCUT2D eigenvalue weighted by atomic mass is 10.4. The molecule has 0 unspecified atom stereocenters. The second kappa shape index (κ2) is 4.65. The minimum absolute atomic E-state index is 0.0934. The van der Waals surface area contributed by atoms with Gasteiger partial charge in [0.2, 0.25) is 0 Å². The second-order valence-corrected chi connectivity index (χ2v) is 5.72. The molecule has 7 heteroatoms. The van der Waals surface area contributed by atoms with E-state index in [1.54, 1.807) is 6.07 Å². The highest BCUT2D eigenvalue weighted by molar-refractivity contribution is 7.14. The molecule has 100 valence electrons.